The number of carbonyl (C=O) groups is 5. The van der Waals surface area contributed by atoms with E-state index in [-0.39, 0.29) is 23.2 Å². The maximum Gasteiger partial charge on any atom is 0.379 e. The van der Waals surface area contributed by atoms with Crippen LogP contribution in [0.15, 0.2) is 30.3 Å². The Kier molecular flexibility index (Phi) is 10.2. The number of epoxide rings is 1. The Morgan fingerprint density at radius 2 is 1.53 bits per heavy atom. The molecule has 5 rings (SSSR count). The fraction of sp³-hybridized carbons (Fsp3) is 0.703. The van der Waals surface area contributed by atoms with Gasteiger partial charge in [0.1, 0.15) is 24.2 Å². The van der Waals surface area contributed by atoms with Gasteiger partial charge in [0.25, 0.3) is 5.78 Å². The normalized spacial score (nSPS) is 28.0. The van der Waals surface area contributed by atoms with E-state index in [9.17, 15) is 24.0 Å². The second-order valence-corrected chi connectivity index (χ2v) is 17.3. The lowest BCUT2D eigenvalue weighted by Gasteiger charge is -2.38. The first-order chi connectivity index (χ1) is 22.7. The molecule has 1 aromatic rings. The number of Topliss-reactive ketones (excluding diaryl/α,β-unsaturated/α-hetero) is 1. The molecule has 0 aromatic heterocycles. The van der Waals surface area contributed by atoms with E-state index >= 15 is 0 Å². The van der Waals surface area contributed by atoms with Crippen LogP contribution in [0.3, 0.4) is 0 Å². The Hall–Kier alpha value is -3.19. The monoisotopic (exact) mass is 682 g/mol. The molecule has 12 nitrogen and oxygen atoms in total. The molecule has 2 heterocycles. The van der Waals surface area contributed by atoms with Crippen LogP contribution in [0.2, 0.25) is 0 Å². The zero-order valence-electron chi connectivity index (χ0n) is 30.5. The largest absolute Gasteiger partial charge is 0.457 e. The van der Waals surface area contributed by atoms with Crippen molar-refractivity contribution < 1.29 is 39.2 Å². The Bertz CT molecular complexity index is 1450. The zero-order chi connectivity index (χ0) is 36.2. The summed E-state index contributed by atoms with van der Waals surface area (Å²) in [5.41, 5.74) is 2.99. The van der Waals surface area contributed by atoms with Crippen molar-refractivity contribution in [2.24, 2.45) is 34.0 Å². The van der Waals surface area contributed by atoms with Gasteiger partial charge in [0.05, 0.1) is 6.04 Å². The van der Waals surface area contributed by atoms with E-state index in [1.807, 2.05) is 78.8 Å². The average Bonchev–Trinajstić information content (AvgIpc) is 3.96. The molecule has 2 aliphatic carbocycles. The lowest BCUT2D eigenvalue weighted by Crippen LogP contribution is -2.65. The summed E-state index contributed by atoms with van der Waals surface area (Å²) in [5, 5.41) is 9.53. The van der Waals surface area contributed by atoms with Crippen LogP contribution in [0.25, 0.3) is 0 Å². The molecule has 2 saturated heterocycles. The van der Waals surface area contributed by atoms with E-state index in [0.29, 0.717) is 18.9 Å². The molecule has 3 amide bonds. The molecule has 270 valence electrons. The maximum atomic E-state index is 14.4. The molecule has 1 aromatic carbocycles. The molecule has 0 radical (unpaired) electrons. The highest BCUT2D eigenvalue weighted by Gasteiger charge is 2.70. The van der Waals surface area contributed by atoms with Crippen LogP contribution in [0, 0.1) is 34.0 Å². The predicted octanol–water partition coefficient (Wildman–Crippen LogP) is 2.09. The smallest absolute Gasteiger partial charge is 0.379 e. The molecular formula is C37H56N5O7+. The average molecular weight is 683 g/mol. The van der Waals surface area contributed by atoms with Crippen LogP contribution in [-0.4, -0.2) is 77.5 Å². The van der Waals surface area contributed by atoms with E-state index in [4.69, 9.17) is 9.47 Å². The molecule has 0 spiro atoms. The number of nitrogens with zero attached hydrogens (tertiary/aromatic N) is 1. The number of likely N-dealkylation sites (tertiary alicyclic amines) is 1. The topological polar surface area (TPSA) is 174 Å². The summed E-state index contributed by atoms with van der Waals surface area (Å²) in [6.45, 7) is 18.2. The number of quaternary nitrogens is 1. The summed E-state index contributed by atoms with van der Waals surface area (Å²) in [6.07, 6.45) is 0.791. The van der Waals surface area contributed by atoms with Crippen molar-refractivity contribution in [1.82, 2.24) is 20.9 Å². The highest BCUT2D eigenvalue weighted by Crippen LogP contribution is 2.65. The summed E-state index contributed by atoms with van der Waals surface area (Å²) in [4.78, 5) is 68.0. The third-order valence-corrected chi connectivity index (χ3v) is 10.9. The molecule has 2 saturated carbocycles. The van der Waals surface area contributed by atoms with Gasteiger partial charge >= 0.3 is 11.9 Å². The number of benzene rings is 1. The standard InChI is InChI=1S/C37H55N5O7/c1-19(21-13-11-10-12-14-21)48-34(47)28(36(5,6)7)41-32-31(49-32)40-27(35(2,3)4)33(46)42-18-22-24(37(22,8)9)25(42)30(45)39-23(17-20-15-16-20)26(43)29(38)44/h10-14,19-20,22-25,27-28,31-32,40-41H,15-18H2,1-9H3,(H2,38,44)(H,39,45)/p+1/t19-,22+,23?,24+,25+,27-,28-,31?,32?/m1/s1. The highest BCUT2D eigenvalue weighted by atomic mass is 16.6. The minimum Gasteiger partial charge on any atom is -0.457 e. The van der Waals surface area contributed by atoms with Gasteiger partial charge in [-0.15, -0.1) is 0 Å². The first kappa shape index (κ1) is 37.1. The summed E-state index contributed by atoms with van der Waals surface area (Å²) in [5.74, 6) is -2.18. The van der Waals surface area contributed by atoms with E-state index in [1.165, 1.54) is 0 Å². The number of hydrogen-bond acceptors (Lipinski definition) is 9. The summed E-state index contributed by atoms with van der Waals surface area (Å²) in [6, 6.07) is 6.44. The van der Waals surface area contributed by atoms with Crippen LogP contribution < -0.4 is 21.7 Å². The number of nitrogens with one attached hydrogen (secondary N) is 3. The molecular weight excluding hydrogens is 626 g/mol. The quantitative estimate of drug-likeness (QED) is 0.130. The van der Waals surface area contributed by atoms with Gasteiger partial charge in [-0.1, -0.05) is 98.6 Å². The number of ketones is 1. The van der Waals surface area contributed by atoms with Gasteiger partial charge in [-0.2, -0.15) is 0 Å². The van der Waals surface area contributed by atoms with Gasteiger partial charge in [-0.3, -0.25) is 35.5 Å². The highest BCUT2D eigenvalue weighted by molar-refractivity contribution is 6.34. The van der Waals surface area contributed by atoms with Crippen molar-refractivity contribution in [2.75, 3.05) is 6.54 Å². The Balaban J connectivity index is 1.27. The van der Waals surface area contributed by atoms with Crippen LogP contribution in [-0.2, 0) is 33.4 Å². The fourth-order valence-electron chi connectivity index (χ4n) is 7.44. The van der Waals surface area contributed by atoms with Gasteiger partial charge in [-0.05, 0) is 52.9 Å². The number of ether oxygens (including phenoxy) is 2. The summed E-state index contributed by atoms with van der Waals surface area (Å²) in [7, 11) is 0. The molecule has 3 unspecified atom stereocenters. The van der Waals surface area contributed by atoms with Crippen molar-refractivity contribution in [2.45, 2.75) is 124 Å². The number of piperidine rings is 1. The predicted molar refractivity (Wildman–Crippen MR) is 181 cm³/mol. The maximum absolute atomic E-state index is 14.4. The van der Waals surface area contributed by atoms with Crippen LogP contribution in [0.5, 0.6) is 0 Å². The Labute approximate surface area is 290 Å². The minimum atomic E-state index is -0.941. The van der Waals surface area contributed by atoms with E-state index in [1.54, 1.807) is 4.90 Å². The fourth-order valence-corrected chi connectivity index (χ4v) is 7.44. The zero-order valence-corrected chi connectivity index (χ0v) is 30.5. The molecule has 12 heteroatoms. The first-order valence-corrected chi connectivity index (χ1v) is 17.7. The number of esters is 1. The molecule has 4 aliphatic rings. The van der Waals surface area contributed by atoms with Gasteiger partial charge in [0, 0.05) is 6.54 Å². The van der Waals surface area contributed by atoms with E-state index in [0.717, 1.165) is 18.4 Å². The molecule has 0 bridgehead atoms. The third-order valence-electron chi connectivity index (χ3n) is 10.9. The lowest BCUT2D eigenvalue weighted by atomic mass is 9.85. The first-order valence-electron chi connectivity index (χ1n) is 17.7. The van der Waals surface area contributed by atoms with Gasteiger partial charge in [0.15, 0.2) is 12.5 Å². The van der Waals surface area contributed by atoms with Crippen molar-refractivity contribution in [3.63, 3.8) is 0 Å². The second kappa shape index (κ2) is 13.5. The van der Waals surface area contributed by atoms with Crippen molar-refractivity contribution in [1.29, 1.82) is 0 Å². The van der Waals surface area contributed by atoms with Gasteiger partial charge < -0.3 is 19.7 Å². The molecule has 6 N–H and O–H groups in total. The summed E-state index contributed by atoms with van der Waals surface area (Å²) >= 11 is 0. The molecule has 9 atom stereocenters. The lowest BCUT2D eigenvalue weighted by molar-refractivity contribution is -0.300. The Morgan fingerprint density at radius 1 is 0.959 bits per heavy atom. The minimum absolute atomic E-state index is 0.0624. The molecule has 49 heavy (non-hydrogen) atoms. The van der Waals surface area contributed by atoms with Gasteiger partial charge in [-0.25, -0.2) is 4.79 Å². The van der Waals surface area contributed by atoms with Crippen molar-refractivity contribution >= 4 is 29.5 Å². The Morgan fingerprint density at radius 3 is 2.06 bits per heavy atom. The number of carbonyl (C=O) groups excluding carboxylic acids is 5. The van der Waals surface area contributed by atoms with Crippen LogP contribution in [0.4, 0.5) is 0 Å². The van der Waals surface area contributed by atoms with Crippen LogP contribution >= 0.6 is 0 Å². The van der Waals surface area contributed by atoms with Gasteiger partial charge in [0.2, 0.25) is 11.8 Å². The molecule has 4 fully saturated rings. The number of hydrogen-bond donors (Lipinski definition) is 4. The third kappa shape index (κ3) is 8.24. The van der Waals surface area contributed by atoms with Crippen LogP contribution in [0.1, 0.15) is 93.2 Å². The SMILES string of the molecule is C[C@@H](OC(=O)[C@@H](NC1OC1N[C@H](C(=O)N1C[C@H]2[C@@H]([C@H]1C(=O)NC(CC1CC1)C(=O)C([NH3+])=O)C2(C)C)C(C)(C)C)C(C)(C)C)c1ccccc1. The van der Waals surface area contributed by atoms with E-state index < -0.39 is 77.1 Å². The van der Waals surface area contributed by atoms with E-state index in [2.05, 4.69) is 35.5 Å². The summed E-state index contributed by atoms with van der Waals surface area (Å²) < 4.78 is 11.8. The van der Waals surface area contributed by atoms with Crippen molar-refractivity contribution in [3.05, 3.63) is 35.9 Å². The molecule has 2 aliphatic heterocycles. The number of rotatable bonds is 14. The number of amides is 3. The van der Waals surface area contributed by atoms with Crippen molar-refractivity contribution in [3.8, 4) is 0 Å². The second-order valence-electron chi connectivity index (χ2n) is 17.3. The number of fused-ring (bicyclic) bond motifs is 1.